The van der Waals surface area contributed by atoms with Crippen LogP contribution in [0.5, 0.6) is 5.75 Å². The number of allylic oxidation sites excluding steroid dienone is 1. The zero-order valence-electron chi connectivity index (χ0n) is 19.2. The van der Waals surface area contributed by atoms with Crippen LogP contribution in [0.1, 0.15) is 47.8 Å². The number of Topliss-reactive ketones (excluding diaryl/α,β-unsaturated/α-hetero) is 1. The molecule has 0 aliphatic heterocycles. The molecular weight excluding hydrogens is 404 g/mol. The third-order valence-corrected chi connectivity index (χ3v) is 5.30. The Hall–Kier alpha value is -3.44. The monoisotopic (exact) mass is 432 g/mol. The van der Waals surface area contributed by atoms with Crippen molar-refractivity contribution in [2.24, 2.45) is 0 Å². The zero-order chi connectivity index (χ0) is 23.3. The number of methoxy groups -OCH3 is 2. The fourth-order valence-corrected chi connectivity index (χ4v) is 3.90. The van der Waals surface area contributed by atoms with Crippen molar-refractivity contribution in [3.05, 3.63) is 82.4 Å². The minimum atomic E-state index is -0.445. The molecule has 0 spiro atoms. The number of ether oxygens (including phenoxy) is 3. The number of rotatable bonds is 8. The number of hydrogen-bond donors (Lipinski definition) is 0. The van der Waals surface area contributed by atoms with Crippen LogP contribution in [-0.4, -0.2) is 32.8 Å². The Kier molecular flexibility index (Phi) is 7.44. The van der Waals surface area contributed by atoms with Crippen molar-refractivity contribution in [1.29, 1.82) is 0 Å². The van der Waals surface area contributed by atoms with Crippen LogP contribution in [0.2, 0.25) is 0 Å². The van der Waals surface area contributed by atoms with Crippen LogP contribution < -0.4 is 4.74 Å². The van der Waals surface area contributed by atoms with E-state index in [0.29, 0.717) is 28.9 Å². The summed E-state index contributed by atoms with van der Waals surface area (Å²) in [7, 11) is 2.89. The molecule has 0 aliphatic rings. The van der Waals surface area contributed by atoms with Crippen LogP contribution in [0.3, 0.4) is 0 Å². The maximum Gasteiger partial charge on any atom is 0.338 e. The number of ketones is 1. The maximum absolute atomic E-state index is 12.7. The number of carbonyl (C=O) groups excluding carboxylic acids is 2. The van der Waals surface area contributed by atoms with Gasteiger partial charge in [-0.2, -0.15) is 0 Å². The summed E-state index contributed by atoms with van der Waals surface area (Å²) in [5.41, 5.74) is 4.40. The summed E-state index contributed by atoms with van der Waals surface area (Å²) < 4.78 is 16.2. The molecule has 0 radical (unpaired) electrons. The molecule has 3 aromatic rings. The summed E-state index contributed by atoms with van der Waals surface area (Å²) in [5.74, 6) is -0.144. The summed E-state index contributed by atoms with van der Waals surface area (Å²) in [6.45, 7) is 5.20. The molecule has 32 heavy (non-hydrogen) atoms. The highest BCUT2D eigenvalue weighted by Crippen LogP contribution is 2.40. The molecule has 0 N–H and O–H groups in total. The number of hydrogen-bond acceptors (Lipinski definition) is 5. The zero-order valence-corrected chi connectivity index (χ0v) is 19.2. The summed E-state index contributed by atoms with van der Waals surface area (Å²) in [4.78, 5) is 25.4. The number of benzene rings is 3. The smallest absolute Gasteiger partial charge is 0.338 e. The first-order valence-corrected chi connectivity index (χ1v) is 10.4. The van der Waals surface area contributed by atoms with E-state index in [4.69, 9.17) is 14.2 Å². The van der Waals surface area contributed by atoms with Crippen LogP contribution in [-0.2, 0) is 20.7 Å². The van der Waals surface area contributed by atoms with Gasteiger partial charge in [-0.1, -0.05) is 54.1 Å². The third-order valence-electron chi connectivity index (χ3n) is 5.30. The van der Waals surface area contributed by atoms with Crippen molar-refractivity contribution in [2.45, 2.75) is 27.2 Å². The van der Waals surface area contributed by atoms with Gasteiger partial charge >= 0.3 is 5.97 Å². The van der Waals surface area contributed by atoms with E-state index in [1.54, 1.807) is 6.07 Å². The van der Waals surface area contributed by atoms with Crippen molar-refractivity contribution >= 4 is 28.1 Å². The normalized spacial score (nSPS) is 10.7. The van der Waals surface area contributed by atoms with Crippen LogP contribution in [0.15, 0.2) is 60.2 Å². The first-order chi connectivity index (χ1) is 15.4. The molecular formula is C27H28O5. The molecule has 166 valence electrons. The predicted octanol–water partition coefficient (Wildman–Crippen LogP) is 5.58. The average molecular weight is 433 g/mol. The molecule has 5 heteroatoms. The minimum Gasteiger partial charge on any atom is -0.466 e. The average Bonchev–Trinajstić information content (AvgIpc) is 2.78. The lowest BCUT2D eigenvalue weighted by atomic mass is 9.88. The minimum absolute atomic E-state index is 0.000894. The van der Waals surface area contributed by atoms with Crippen LogP contribution >= 0.6 is 0 Å². The fourth-order valence-electron chi connectivity index (χ4n) is 3.90. The van der Waals surface area contributed by atoms with E-state index < -0.39 is 5.97 Å². The second-order valence-electron chi connectivity index (χ2n) is 7.78. The molecule has 3 aromatic carbocycles. The Labute approximate surface area is 188 Å². The highest BCUT2D eigenvalue weighted by atomic mass is 16.7. The molecule has 0 unspecified atom stereocenters. The van der Waals surface area contributed by atoms with E-state index in [1.165, 1.54) is 21.1 Å². The lowest BCUT2D eigenvalue weighted by molar-refractivity contribution is -0.133. The van der Waals surface area contributed by atoms with E-state index >= 15 is 0 Å². The number of fused-ring (bicyclic) bond motifs is 1. The molecule has 0 aliphatic carbocycles. The second-order valence-corrected chi connectivity index (χ2v) is 7.78. The predicted molar refractivity (Wildman–Crippen MR) is 126 cm³/mol. The van der Waals surface area contributed by atoms with Gasteiger partial charge in [-0.05, 0) is 55.3 Å². The standard InChI is InChI=1S/C27H28O5/c1-17(2)24(27(29)31-5)23-15-22(18(3)28)26(32-16-30-4)25-20(12-9-13-21(23)25)14-19-10-7-6-8-11-19/h6-13,15H,14,16H2,1-5H3. The molecule has 0 atom stereocenters. The van der Waals surface area contributed by atoms with E-state index in [-0.39, 0.29) is 12.6 Å². The first kappa shape index (κ1) is 23.2. The SMILES string of the molecule is COCOc1c(C(C)=O)cc(C(C(=O)OC)=C(C)C)c2cccc(Cc3ccccc3)c12. The van der Waals surface area contributed by atoms with Crippen molar-refractivity contribution < 1.29 is 23.8 Å². The maximum atomic E-state index is 12.7. The molecule has 0 saturated heterocycles. The number of esters is 1. The van der Waals surface area contributed by atoms with Crippen LogP contribution in [0.25, 0.3) is 16.3 Å². The molecule has 0 saturated carbocycles. The van der Waals surface area contributed by atoms with Gasteiger partial charge in [-0.3, -0.25) is 4.79 Å². The van der Waals surface area contributed by atoms with Gasteiger partial charge in [0.2, 0.25) is 0 Å². The summed E-state index contributed by atoms with van der Waals surface area (Å²) in [6, 6.07) is 17.7. The topological polar surface area (TPSA) is 61.8 Å². The highest BCUT2D eigenvalue weighted by Gasteiger charge is 2.24. The Morgan fingerprint density at radius 1 is 0.875 bits per heavy atom. The molecule has 0 fully saturated rings. The van der Waals surface area contributed by atoms with Crippen LogP contribution in [0, 0.1) is 0 Å². The van der Waals surface area contributed by atoms with Gasteiger partial charge in [-0.15, -0.1) is 0 Å². The Bertz CT molecular complexity index is 1170. The summed E-state index contributed by atoms with van der Waals surface area (Å²) >= 11 is 0. The van der Waals surface area contributed by atoms with Gasteiger partial charge in [0.25, 0.3) is 0 Å². The second kappa shape index (κ2) is 10.2. The van der Waals surface area contributed by atoms with E-state index in [9.17, 15) is 9.59 Å². The van der Waals surface area contributed by atoms with Gasteiger partial charge < -0.3 is 14.2 Å². The van der Waals surface area contributed by atoms with Gasteiger partial charge in [0.15, 0.2) is 12.6 Å². The van der Waals surface area contributed by atoms with Gasteiger partial charge in [0.1, 0.15) is 5.75 Å². The molecule has 5 nitrogen and oxygen atoms in total. The van der Waals surface area contributed by atoms with Gasteiger partial charge in [-0.25, -0.2) is 4.79 Å². The Morgan fingerprint density at radius 3 is 2.19 bits per heavy atom. The van der Waals surface area contributed by atoms with Crippen molar-refractivity contribution in [2.75, 3.05) is 21.0 Å². The van der Waals surface area contributed by atoms with E-state index in [0.717, 1.165) is 27.5 Å². The lowest BCUT2D eigenvalue weighted by Crippen LogP contribution is -2.11. The van der Waals surface area contributed by atoms with Crippen molar-refractivity contribution in [3.63, 3.8) is 0 Å². The number of carbonyl (C=O) groups is 2. The van der Waals surface area contributed by atoms with Crippen LogP contribution in [0.4, 0.5) is 0 Å². The molecule has 0 bridgehead atoms. The molecule has 3 rings (SSSR count). The van der Waals surface area contributed by atoms with Gasteiger partial charge in [0.05, 0.1) is 18.2 Å². The third kappa shape index (κ3) is 4.73. The van der Waals surface area contributed by atoms with E-state index in [2.05, 4.69) is 12.1 Å². The van der Waals surface area contributed by atoms with Crippen molar-refractivity contribution in [3.8, 4) is 5.75 Å². The Balaban J connectivity index is 2.42. The summed E-state index contributed by atoms with van der Waals surface area (Å²) in [5, 5.41) is 1.61. The van der Waals surface area contributed by atoms with Gasteiger partial charge in [0, 0.05) is 12.5 Å². The van der Waals surface area contributed by atoms with E-state index in [1.807, 2.05) is 50.2 Å². The quantitative estimate of drug-likeness (QED) is 0.201. The summed E-state index contributed by atoms with van der Waals surface area (Å²) in [6.07, 6.45) is 0.644. The first-order valence-electron chi connectivity index (χ1n) is 10.4. The molecule has 0 heterocycles. The molecule has 0 aromatic heterocycles. The lowest BCUT2D eigenvalue weighted by Gasteiger charge is -2.20. The molecule has 0 amide bonds. The Morgan fingerprint density at radius 2 is 1.59 bits per heavy atom. The largest absolute Gasteiger partial charge is 0.466 e. The highest BCUT2D eigenvalue weighted by molar-refractivity contribution is 6.22. The van der Waals surface area contributed by atoms with Crippen molar-refractivity contribution in [1.82, 2.24) is 0 Å². The fraction of sp³-hybridized carbons (Fsp3) is 0.259.